The molecule has 0 spiro atoms. The molecule has 0 N–H and O–H groups in total. The number of carbonyl (C=O) groups excluding carboxylic acids is 1. The molecule has 0 aliphatic heterocycles. The van der Waals surface area contributed by atoms with Crippen LogP contribution in [0.5, 0.6) is 11.5 Å². The van der Waals surface area contributed by atoms with Crippen molar-refractivity contribution in [2.24, 2.45) is 0 Å². The average molecular weight is 424 g/mol. The van der Waals surface area contributed by atoms with E-state index in [9.17, 15) is 13.2 Å². The van der Waals surface area contributed by atoms with Crippen molar-refractivity contribution in [3.05, 3.63) is 47.9 Å². The molecule has 0 saturated heterocycles. The molecular weight excluding hydrogens is 394 g/mol. The van der Waals surface area contributed by atoms with Gasteiger partial charge in [0, 0.05) is 13.0 Å². The predicted octanol–water partition coefficient (Wildman–Crippen LogP) is 4.13. The summed E-state index contributed by atoms with van der Waals surface area (Å²) in [5.41, 5.74) is 0.734. The molecule has 29 heavy (non-hydrogen) atoms. The fourth-order valence-corrected chi connectivity index (χ4v) is 3.41. The summed E-state index contributed by atoms with van der Waals surface area (Å²) in [4.78, 5) is 14.5. The van der Waals surface area contributed by atoms with Gasteiger partial charge in [-0.1, -0.05) is 32.3 Å². The van der Waals surface area contributed by atoms with Gasteiger partial charge in [0.15, 0.2) is 11.5 Å². The molecule has 0 unspecified atom stereocenters. The Morgan fingerprint density at radius 2 is 1.90 bits per heavy atom. The number of methoxy groups -OCH3 is 1. The number of carbonyl (C=O) groups is 1. The van der Waals surface area contributed by atoms with Crippen LogP contribution >= 0.6 is 0 Å². The Morgan fingerprint density at radius 3 is 2.52 bits per heavy atom. The van der Waals surface area contributed by atoms with E-state index in [0.29, 0.717) is 31.0 Å². The molecule has 2 rings (SSSR count). The molecule has 7 nitrogen and oxygen atoms in total. The zero-order valence-corrected chi connectivity index (χ0v) is 18.0. The highest BCUT2D eigenvalue weighted by Gasteiger charge is 2.18. The summed E-state index contributed by atoms with van der Waals surface area (Å²) in [5.74, 6) is 1.12. The Morgan fingerprint density at radius 1 is 1.10 bits per heavy atom. The molecule has 1 aromatic heterocycles. The standard InChI is InChI=1S/C21H29NO6S/c1-4-5-6-7-10-21(23)22(16-18-9-8-13-27-18)15-17-11-12-19(26-2)20(14-17)28-29(3,24)25/h8-9,11-14H,4-7,10,15-16H2,1-3H3. The summed E-state index contributed by atoms with van der Waals surface area (Å²) in [5, 5.41) is 0. The number of benzene rings is 1. The molecule has 0 fully saturated rings. The molecule has 0 aliphatic rings. The number of ether oxygens (including phenoxy) is 1. The lowest BCUT2D eigenvalue weighted by molar-refractivity contribution is -0.132. The van der Waals surface area contributed by atoms with Gasteiger partial charge in [0.05, 0.1) is 26.2 Å². The van der Waals surface area contributed by atoms with Crippen molar-refractivity contribution in [3.63, 3.8) is 0 Å². The van der Waals surface area contributed by atoms with Crippen LogP contribution in [0.3, 0.4) is 0 Å². The van der Waals surface area contributed by atoms with Gasteiger partial charge in [0.25, 0.3) is 0 Å². The third kappa shape index (κ3) is 7.81. The minimum atomic E-state index is -3.71. The van der Waals surface area contributed by atoms with Gasteiger partial charge in [-0.25, -0.2) is 0 Å². The van der Waals surface area contributed by atoms with E-state index < -0.39 is 10.1 Å². The molecule has 0 radical (unpaired) electrons. The maximum atomic E-state index is 12.8. The van der Waals surface area contributed by atoms with Gasteiger partial charge < -0.3 is 18.2 Å². The zero-order chi connectivity index (χ0) is 21.3. The Bertz CT molecular complexity index is 877. The highest BCUT2D eigenvalue weighted by atomic mass is 32.2. The molecule has 1 amide bonds. The van der Waals surface area contributed by atoms with Crippen molar-refractivity contribution >= 4 is 16.0 Å². The van der Waals surface area contributed by atoms with E-state index in [1.165, 1.54) is 7.11 Å². The van der Waals surface area contributed by atoms with E-state index in [0.717, 1.165) is 37.5 Å². The normalized spacial score (nSPS) is 11.3. The first-order valence-electron chi connectivity index (χ1n) is 9.69. The van der Waals surface area contributed by atoms with Crippen LogP contribution < -0.4 is 8.92 Å². The Kier molecular flexibility index (Phi) is 8.57. The lowest BCUT2D eigenvalue weighted by Crippen LogP contribution is -2.29. The lowest BCUT2D eigenvalue weighted by Gasteiger charge is -2.22. The Balaban J connectivity index is 2.18. The second-order valence-corrected chi connectivity index (χ2v) is 8.49. The molecule has 0 atom stereocenters. The number of hydrogen-bond donors (Lipinski definition) is 0. The first-order valence-corrected chi connectivity index (χ1v) is 11.5. The maximum Gasteiger partial charge on any atom is 0.306 e. The number of furan rings is 1. The van der Waals surface area contributed by atoms with Crippen LogP contribution in [-0.2, 0) is 28.0 Å². The van der Waals surface area contributed by atoms with Crippen molar-refractivity contribution in [1.29, 1.82) is 0 Å². The summed E-state index contributed by atoms with van der Waals surface area (Å²) in [6, 6.07) is 8.60. The monoisotopic (exact) mass is 423 g/mol. The zero-order valence-electron chi connectivity index (χ0n) is 17.2. The minimum Gasteiger partial charge on any atom is -0.493 e. The molecule has 1 heterocycles. The number of hydrogen-bond acceptors (Lipinski definition) is 6. The largest absolute Gasteiger partial charge is 0.493 e. The molecule has 2 aromatic rings. The van der Waals surface area contributed by atoms with Gasteiger partial charge in [-0.15, -0.1) is 0 Å². The van der Waals surface area contributed by atoms with Crippen molar-refractivity contribution in [1.82, 2.24) is 4.90 Å². The highest BCUT2D eigenvalue weighted by molar-refractivity contribution is 7.86. The maximum absolute atomic E-state index is 12.8. The molecule has 0 aliphatic carbocycles. The lowest BCUT2D eigenvalue weighted by atomic mass is 10.1. The van der Waals surface area contributed by atoms with Crippen LogP contribution in [0.2, 0.25) is 0 Å². The van der Waals surface area contributed by atoms with Crippen molar-refractivity contribution in [2.75, 3.05) is 13.4 Å². The van der Waals surface area contributed by atoms with Gasteiger partial charge in [-0.2, -0.15) is 8.42 Å². The van der Waals surface area contributed by atoms with Gasteiger partial charge in [-0.05, 0) is 36.2 Å². The third-order valence-corrected chi connectivity index (χ3v) is 4.85. The van der Waals surface area contributed by atoms with Crippen molar-refractivity contribution in [2.45, 2.75) is 52.1 Å². The topological polar surface area (TPSA) is 86.0 Å². The summed E-state index contributed by atoms with van der Waals surface area (Å²) >= 11 is 0. The van der Waals surface area contributed by atoms with E-state index in [1.807, 2.05) is 6.07 Å². The molecule has 1 aromatic carbocycles. The van der Waals surface area contributed by atoms with Crippen molar-refractivity contribution < 1.29 is 26.5 Å². The fourth-order valence-electron chi connectivity index (χ4n) is 2.95. The van der Waals surface area contributed by atoms with Crippen molar-refractivity contribution in [3.8, 4) is 11.5 Å². The van der Waals surface area contributed by atoms with Gasteiger partial charge in [0.2, 0.25) is 5.91 Å². The van der Waals surface area contributed by atoms with Gasteiger partial charge in [0.1, 0.15) is 5.76 Å². The quantitative estimate of drug-likeness (QED) is 0.377. The Labute approximate surface area is 172 Å². The summed E-state index contributed by atoms with van der Waals surface area (Å²) in [6.45, 7) is 2.77. The number of nitrogens with zero attached hydrogens (tertiary/aromatic N) is 1. The highest BCUT2D eigenvalue weighted by Crippen LogP contribution is 2.30. The van der Waals surface area contributed by atoms with E-state index in [1.54, 1.807) is 35.4 Å². The number of rotatable bonds is 12. The molecular formula is C21H29NO6S. The van der Waals surface area contributed by atoms with Crippen LogP contribution in [0.1, 0.15) is 50.4 Å². The second kappa shape index (κ2) is 10.9. The molecule has 0 saturated carbocycles. The first kappa shape index (κ1) is 22.8. The molecule has 8 heteroatoms. The average Bonchev–Trinajstić information content (AvgIpc) is 3.16. The molecule has 0 bridgehead atoms. The third-order valence-electron chi connectivity index (χ3n) is 4.37. The van der Waals surface area contributed by atoms with Crippen LogP contribution in [0, 0.1) is 0 Å². The van der Waals surface area contributed by atoms with Crippen LogP contribution in [0.15, 0.2) is 41.0 Å². The SMILES string of the molecule is CCCCCCC(=O)N(Cc1ccc(OC)c(OS(C)(=O)=O)c1)Cc1ccco1. The second-order valence-electron chi connectivity index (χ2n) is 6.91. The number of amides is 1. The Hall–Kier alpha value is -2.48. The minimum absolute atomic E-state index is 0.0268. The first-order chi connectivity index (χ1) is 13.8. The van der Waals surface area contributed by atoms with E-state index in [-0.39, 0.29) is 11.7 Å². The van der Waals surface area contributed by atoms with Crippen LogP contribution in [0.4, 0.5) is 0 Å². The fraction of sp³-hybridized carbons (Fsp3) is 0.476. The molecule has 160 valence electrons. The number of unbranched alkanes of at least 4 members (excludes halogenated alkanes) is 3. The summed E-state index contributed by atoms with van der Waals surface area (Å²) in [7, 11) is -2.27. The van der Waals surface area contributed by atoms with E-state index >= 15 is 0 Å². The van der Waals surface area contributed by atoms with Crippen LogP contribution in [0.25, 0.3) is 0 Å². The smallest absolute Gasteiger partial charge is 0.306 e. The summed E-state index contributed by atoms with van der Waals surface area (Å²) < 4.78 is 38.7. The van der Waals surface area contributed by atoms with E-state index in [4.69, 9.17) is 13.3 Å². The predicted molar refractivity (Wildman–Crippen MR) is 110 cm³/mol. The van der Waals surface area contributed by atoms with E-state index in [2.05, 4.69) is 6.92 Å². The van der Waals surface area contributed by atoms with Crippen LogP contribution in [-0.4, -0.2) is 32.6 Å². The van der Waals surface area contributed by atoms with Gasteiger partial charge >= 0.3 is 10.1 Å². The van der Waals surface area contributed by atoms with Gasteiger partial charge in [-0.3, -0.25) is 4.79 Å². The summed E-state index contributed by atoms with van der Waals surface area (Å²) in [6.07, 6.45) is 7.09.